The summed E-state index contributed by atoms with van der Waals surface area (Å²) in [5.74, 6) is -4.71. The van der Waals surface area contributed by atoms with Gasteiger partial charge in [-0.05, 0) is 60.6 Å². The highest BCUT2D eigenvalue weighted by atomic mass is 32.2. The Balaban J connectivity index is 1.66. The number of hydrogen-bond donors (Lipinski definition) is 3. The molecule has 0 saturated heterocycles. The van der Waals surface area contributed by atoms with Crippen molar-refractivity contribution in [1.82, 2.24) is 9.97 Å². The summed E-state index contributed by atoms with van der Waals surface area (Å²) in [6.07, 6.45) is 4.25. The molecule has 4 N–H and O–H groups in total. The molecule has 1 saturated carbocycles. The maximum absolute atomic E-state index is 14.7. The van der Waals surface area contributed by atoms with E-state index in [0.29, 0.717) is 30.7 Å². The number of nitrogens with zero attached hydrogens (tertiary/aromatic N) is 2. The molecule has 0 bridgehead atoms. The first kappa shape index (κ1) is 26.7. The predicted octanol–water partition coefficient (Wildman–Crippen LogP) is 3.42. The highest BCUT2D eigenvalue weighted by molar-refractivity contribution is 7.90. The number of pyridine rings is 2. The Morgan fingerprint density at radius 2 is 1.78 bits per heavy atom. The van der Waals surface area contributed by atoms with Crippen LogP contribution in [-0.2, 0) is 9.84 Å². The van der Waals surface area contributed by atoms with Crippen molar-refractivity contribution in [2.75, 3.05) is 11.6 Å². The van der Waals surface area contributed by atoms with E-state index in [-0.39, 0.29) is 17.5 Å². The number of hydrogen-bond acceptors (Lipinski definition) is 7. The molecular formula is C25H25F3N4O4S. The minimum Gasteiger partial charge on any atom is -0.391 e. The van der Waals surface area contributed by atoms with Crippen LogP contribution in [-0.4, -0.2) is 47.8 Å². The standard InChI is InChI=1S/C25H25F3N4O4S/c1-12-7-13(8-19(29)24(12)33)15-5-6-30-11-21(15)32-25(34)20-4-3-16(26)23(31-20)22-17(27)9-14(10-18(22)28)37(2,35)36/h3-6,9-13,19,24,33H,7-8,29H2,1-2H3,(H,32,34)/t12-,13+,19+,24+/m0/s1. The van der Waals surface area contributed by atoms with Gasteiger partial charge >= 0.3 is 0 Å². The summed E-state index contributed by atoms with van der Waals surface area (Å²) in [6, 6.07) is 4.32. The summed E-state index contributed by atoms with van der Waals surface area (Å²) in [5, 5.41) is 12.8. The van der Waals surface area contributed by atoms with Gasteiger partial charge in [0, 0.05) is 18.5 Å². The van der Waals surface area contributed by atoms with E-state index in [0.717, 1.165) is 24.0 Å². The van der Waals surface area contributed by atoms with E-state index in [1.165, 1.54) is 6.20 Å². The van der Waals surface area contributed by atoms with E-state index in [9.17, 15) is 31.5 Å². The summed E-state index contributed by atoms with van der Waals surface area (Å²) in [4.78, 5) is 20.3. The number of aliphatic hydroxyl groups excluding tert-OH is 1. The van der Waals surface area contributed by atoms with Crippen LogP contribution >= 0.6 is 0 Å². The number of halogens is 3. The highest BCUT2D eigenvalue weighted by Crippen LogP contribution is 2.38. The van der Waals surface area contributed by atoms with E-state index in [1.54, 1.807) is 12.3 Å². The van der Waals surface area contributed by atoms with Crippen LogP contribution in [0.5, 0.6) is 0 Å². The largest absolute Gasteiger partial charge is 0.391 e. The molecule has 0 radical (unpaired) electrons. The Hall–Kier alpha value is -3.35. The van der Waals surface area contributed by atoms with Gasteiger partial charge in [0.15, 0.2) is 9.84 Å². The normalized spacial score (nSPS) is 22.0. The number of anilines is 1. The van der Waals surface area contributed by atoms with Crippen LogP contribution in [0.2, 0.25) is 0 Å². The summed E-state index contributed by atoms with van der Waals surface area (Å²) >= 11 is 0. The zero-order valence-electron chi connectivity index (χ0n) is 20.0. The summed E-state index contributed by atoms with van der Waals surface area (Å²) < 4.78 is 67.3. The van der Waals surface area contributed by atoms with Crippen molar-refractivity contribution in [3.05, 3.63) is 71.4 Å². The lowest BCUT2D eigenvalue weighted by Gasteiger charge is -2.36. The van der Waals surface area contributed by atoms with Gasteiger partial charge in [0.25, 0.3) is 5.91 Å². The fourth-order valence-electron chi connectivity index (χ4n) is 4.61. The van der Waals surface area contributed by atoms with Gasteiger partial charge in [-0.3, -0.25) is 9.78 Å². The molecule has 4 rings (SSSR count). The zero-order valence-corrected chi connectivity index (χ0v) is 20.8. The minimum absolute atomic E-state index is 0.0642. The van der Waals surface area contributed by atoms with E-state index in [2.05, 4.69) is 15.3 Å². The third-order valence-corrected chi connectivity index (χ3v) is 7.63. The van der Waals surface area contributed by atoms with Gasteiger partial charge in [-0.15, -0.1) is 0 Å². The second kappa shape index (κ2) is 10.2. The van der Waals surface area contributed by atoms with Crippen LogP contribution < -0.4 is 11.1 Å². The first-order chi connectivity index (χ1) is 17.4. The van der Waals surface area contributed by atoms with E-state index in [4.69, 9.17) is 5.73 Å². The van der Waals surface area contributed by atoms with Gasteiger partial charge in [-0.2, -0.15) is 0 Å². The monoisotopic (exact) mass is 534 g/mol. The van der Waals surface area contributed by atoms with Crippen LogP contribution in [0.25, 0.3) is 11.3 Å². The van der Waals surface area contributed by atoms with Gasteiger partial charge in [-0.25, -0.2) is 26.6 Å². The average molecular weight is 535 g/mol. The van der Waals surface area contributed by atoms with Crippen molar-refractivity contribution in [3.8, 4) is 11.3 Å². The van der Waals surface area contributed by atoms with E-state index < -0.39 is 61.5 Å². The van der Waals surface area contributed by atoms with Crippen molar-refractivity contribution in [2.45, 2.75) is 42.7 Å². The molecule has 1 amide bonds. The quantitative estimate of drug-likeness (QED) is 0.457. The molecule has 1 aliphatic rings. The van der Waals surface area contributed by atoms with Crippen LogP contribution in [0.1, 0.15) is 41.7 Å². The molecule has 2 aromatic heterocycles. The highest BCUT2D eigenvalue weighted by Gasteiger charge is 2.34. The van der Waals surface area contributed by atoms with Crippen LogP contribution in [0.3, 0.4) is 0 Å². The van der Waals surface area contributed by atoms with Gasteiger partial charge in [0.05, 0.1) is 28.4 Å². The number of aliphatic hydroxyl groups is 1. The average Bonchev–Trinajstić information content (AvgIpc) is 2.82. The Morgan fingerprint density at radius 3 is 2.41 bits per heavy atom. The fourth-order valence-corrected chi connectivity index (χ4v) is 5.25. The number of nitrogens with two attached hydrogens (primary N) is 1. The molecule has 3 aromatic rings. The molecule has 37 heavy (non-hydrogen) atoms. The molecule has 8 nitrogen and oxygen atoms in total. The molecule has 0 spiro atoms. The van der Waals surface area contributed by atoms with Crippen LogP contribution in [0.15, 0.2) is 47.6 Å². The molecule has 2 heterocycles. The van der Waals surface area contributed by atoms with Gasteiger partial charge in [0.2, 0.25) is 0 Å². The third kappa shape index (κ3) is 5.50. The van der Waals surface area contributed by atoms with E-state index in [1.807, 2.05) is 6.92 Å². The molecule has 0 aliphatic heterocycles. The first-order valence-corrected chi connectivity index (χ1v) is 13.3. The number of carbonyl (C=O) groups excluding carboxylic acids is 1. The molecule has 12 heteroatoms. The molecule has 4 atom stereocenters. The molecule has 1 fully saturated rings. The Kier molecular flexibility index (Phi) is 7.36. The first-order valence-electron chi connectivity index (χ1n) is 11.4. The fraction of sp³-hybridized carbons (Fsp3) is 0.320. The minimum atomic E-state index is -3.92. The van der Waals surface area contributed by atoms with Crippen molar-refractivity contribution in [1.29, 1.82) is 0 Å². The number of benzene rings is 1. The third-order valence-electron chi connectivity index (χ3n) is 6.54. The number of nitrogens with one attached hydrogen (secondary N) is 1. The van der Waals surface area contributed by atoms with Crippen LogP contribution in [0.4, 0.5) is 18.9 Å². The Labute approximate surface area is 211 Å². The van der Waals surface area contributed by atoms with Crippen LogP contribution in [0, 0.1) is 23.4 Å². The number of sulfone groups is 1. The van der Waals surface area contributed by atoms with Gasteiger partial charge in [0.1, 0.15) is 28.8 Å². The van der Waals surface area contributed by atoms with E-state index >= 15 is 0 Å². The lowest BCUT2D eigenvalue weighted by Crippen LogP contribution is -2.44. The number of rotatable bonds is 5. The number of aromatic nitrogens is 2. The van der Waals surface area contributed by atoms with Crippen molar-refractivity contribution in [2.24, 2.45) is 11.7 Å². The molecule has 1 aliphatic carbocycles. The van der Waals surface area contributed by atoms with Crippen molar-refractivity contribution >= 4 is 21.4 Å². The number of carbonyl (C=O) groups is 1. The maximum Gasteiger partial charge on any atom is 0.274 e. The summed E-state index contributed by atoms with van der Waals surface area (Å²) in [6.45, 7) is 1.89. The topological polar surface area (TPSA) is 135 Å². The van der Waals surface area contributed by atoms with Crippen molar-refractivity contribution < 1.29 is 31.5 Å². The zero-order chi connectivity index (χ0) is 27.1. The molecule has 1 aromatic carbocycles. The predicted molar refractivity (Wildman–Crippen MR) is 130 cm³/mol. The maximum atomic E-state index is 14.7. The number of amides is 1. The molecule has 196 valence electrons. The second-order valence-corrected chi connectivity index (χ2v) is 11.3. The second-order valence-electron chi connectivity index (χ2n) is 9.28. The Morgan fingerprint density at radius 1 is 1.11 bits per heavy atom. The molecule has 0 unspecified atom stereocenters. The Bertz CT molecular complexity index is 1430. The smallest absolute Gasteiger partial charge is 0.274 e. The summed E-state index contributed by atoms with van der Waals surface area (Å²) in [7, 11) is -3.92. The van der Waals surface area contributed by atoms with Gasteiger partial charge in [-0.1, -0.05) is 6.92 Å². The summed E-state index contributed by atoms with van der Waals surface area (Å²) in [5.41, 5.74) is 5.18. The SMILES string of the molecule is C[C@H]1C[C@@H](c2ccncc2NC(=O)c2ccc(F)c(-c3c(F)cc(S(C)(=O)=O)cc3F)n2)C[C@@H](N)[C@@H]1O. The molecular weight excluding hydrogens is 509 g/mol. The van der Waals surface area contributed by atoms with Crippen molar-refractivity contribution in [3.63, 3.8) is 0 Å². The lowest BCUT2D eigenvalue weighted by molar-refractivity contribution is 0.0521. The lowest BCUT2D eigenvalue weighted by atomic mass is 9.74. The van der Waals surface area contributed by atoms with Gasteiger partial charge < -0.3 is 16.2 Å².